The van der Waals surface area contributed by atoms with Crippen molar-refractivity contribution >= 4 is 11.9 Å². The Morgan fingerprint density at radius 3 is 2.47 bits per heavy atom. The molecule has 2 rings (SSSR count). The zero-order valence-electron chi connectivity index (χ0n) is 19.7. The van der Waals surface area contributed by atoms with Crippen LogP contribution in [-0.4, -0.2) is 67.7 Å². The summed E-state index contributed by atoms with van der Waals surface area (Å²) < 4.78 is 16.1. The molecule has 2 aromatic rings. The van der Waals surface area contributed by atoms with Crippen molar-refractivity contribution in [3.05, 3.63) is 59.5 Å². The summed E-state index contributed by atoms with van der Waals surface area (Å²) in [5.74, 6) is 1.18. The highest BCUT2D eigenvalue weighted by molar-refractivity contribution is 5.80. The van der Waals surface area contributed by atoms with E-state index in [1.54, 1.807) is 25.9 Å². The first-order valence-electron chi connectivity index (χ1n) is 11.2. The number of aryl methyl sites for hydroxylation is 1. The van der Waals surface area contributed by atoms with E-state index in [0.29, 0.717) is 32.8 Å². The van der Waals surface area contributed by atoms with Crippen LogP contribution in [0.2, 0.25) is 0 Å². The number of benzene rings is 1. The molecule has 0 bridgehead atoms. The van der Waals surface area contributed by atoms with Gasteiger partial charge in [0, 0.05) is 26.8 Å². The van der Waals surface area contributed by atoms with Crippen LogP contribution < -0.4 is 0 Å². The zero-order chi connectivity index (χ0) is 23.3. The molecule has 0 saturated heterocycles. The molecule has 0 saturated carbocycles. The van der Waals surface area contributed by atoms with Gasteiger partial charge in [0.2, 0.25) is 5.91 Å². The maximum Gasteiger partial charge on any atom is 0.323 e. The van der Waals surface area contributed by atoms with Crippen LogP contribution in [0.3, 0.4) is 0 Å². The van der Waals surface area contributed by atoms with Gasteiger partial charge < -0.3 is 18.8 Å². The highest BCUT2D eigenvalue weighted by Crippen LogP contribution is 2.13. The summed E-state index contributed by atoms with van der Waals surface area (Å²) in [7, 11) is 1.64. The van der Waals surface area contributed by atoms with Gasteiger partial charge in [-0.2, -0.15) is 0 Å². The minimum Gasteiger partial charge on any atom is -0.465 e. The SMILES string of the molecule is CCOC(=O)[C@H](C)N(CCCOC)CC(=O)N(CCc1ccccc1)Cc1ccc(C)o1. The fraction of sp³-hybridized carbons (Fsp3) is 0.520. The van der Waals surface area contributed by atoms with Gasteiger partial charge in [-0.05, 0) is 51.3 Å². The molecule has 1 amide bonds. The minimum atomic E-state index is -0.516. The third-order valence-electron chi connectivity index (χ3n) is 5.32. The third kappa shape index (κ3) is 8.48. The maximum absolute atomic E-state index is 13.4. The highest BCUT2D eigenvalue weighted by atomic mass is 16.5. The number of esters is 1. The maximum atomic E-state index is 13.4. The number of hydrogen-bond donors (Lipinski definition) is 0. The summed E-state index contributed by atoms with van der Waals surface area (Å²) in [6.45, 7) is 7.95. The van der Waals surface area contributed by atoms with Gasteiger partial charge in [-0.1, -0.05) is 30.3 Å². The van der Waals surface area contributed by atoms with Gasteiger partial charge in [0.1, 0.15) is 17.6 Å². The third-order valence-corrected chi connectivity index (χ3v) is 5.32. The van der Waals surface area contributed by atoms with E-state index in [1.807, 2.05) is 42.2 Å². The second-order valence-electron chi connectivity index (χ2n) is 7.81. The molecule has 1 heterocycles. The molecule has 0 unspecified atom stereocenters. The smallest absolute Gasteiger partial charge is 0.323 e. The molecular weight excluding hydrogens is 408 g/mol. The van der Waals surface area contributed by atoms with Crippen molar-refractivity contribution < 1.29 is 23.5 Å². The van der Waals surface area contributed by atoms with Crippen LogP contribution >= 0.6 is 0 Å². The van der Waals surface area contributed by atoms with E-state index in [-0.39, 0.29) is 18.4 Å². The number of carbonyl (C=O) groups is 2. The van der Waals surface area contributed by atoms with Gasteiger partial charge in [0.05, 0.1) is 19.7 Å². The molecule has 7 nitrogen and oxygen atoms in total. The van der Waals surface area contributed by atoms with Gasteiger partial charge in [0.25, 0.3) is 0 Å². The van der Waals surface area contributed by atoms with E-state index in [2.05, 4.69) is 12.1 Å². The fourth-order valence-corrected chi connectivity index (χ4v) is 3.47. The first kappa shape index (κ1) is 25.6. The molecule has 1 atom stereocenters. The summed E-state index contributed by atoms with van der Waals surface area (Å²) in [5.41, 5.74) is 1.16. The van der Waals surface area contributed by atoms with Gasteiger partial charge >= 0.3 is 5.97 Å². The summed E-state index contributed by atoms with van der Waals surface area (Å²) in [6, 6.07) is 13.4. The number of nitrogens with zero attached hydrogens (tertiary/aromatic N) is 2. The Labute approximate surface area is 191 Å². The van der Waals surface area contributed by atoms with Crippen molar-refractivity contribution in [3.8, 4) is 0 Å². The second-order valence-corrected chi connectivity index (χ2v) is 7.81. The Morgan fingerprint density at radius 1 is 1.09 bits per heavy atom. The summed E-state index contributed by atoms with van der Waals surface area (Å²) in [6.07, 6.45) is 1.46. The van der Waals surface area contributed by atoms with Gasteiger partial charge in [0.15, 0.2) is 0 Å². The van der Waals surface area contributed by atoms with E-state index in [4.69, 9.17) is 13.9 Å². The normalized spacial score (nSPS) is 12.0. The lowest BCUT2D eigenvalue weighted by Crippen LogP contribution is -2.47. The Hall–Kier alpha value is -2.64. The fourth-order valence-electron chi connectivity index (χ4n) is 3.47. The number of rotatable bonds is 14. The van der Waals surface area contributed by atoms with Crippen LogP contribution in [0.5, 0.6) is 0 Å². The van der Waals surface area contributed by atoms with Crippen LogP contribution in [0.1, 0.15) is 37.4 Å². The monoisotopic (exact) mass is 444 g/mol. The Bertz CT molecular complexity index is 821. The number of ether oxygens (including phenoxy) is 2. The van der Waals surface area contributed by atoms with Gasteiger partial charge in [-0.15, -0.1) is 0 Å². The molecule has 1 aromatic heterocycles. The van der Waals surface area contributed by atoms with Crippen LogP contribution in [0.25, 0.3) is 0 Å². The predicted octanol–water partition coefficient (Wildman–Crippen LogP) is 3.45. The Morgan fingerprint density at radius 2 is 1.84 bits per heavy atom. The van der Waals surface area contributed by atoms with Crippen molar-refractivity contribution in [1.29, 1.82) is 0 Å². The molecule has 0 aliphatic rings. The van der Waals surface area contributed by atoms with Crippen molar-refractivity contribution in [2.75, 3.05) is 40.0 Å². The summed E-state index contributed by atoms with van der Waals surface area (Å²) in [5, 5.41) is 0. The number of furan rings is 1. The zero-order valence-corrected chi connectivity index (χ0v) is 19.7. The Kier molecular flexibility index (Phi) is 11.0. The quantitative estimate of drug-likeness (QED) is 0.328. The molecule has 0 spiro atoms. The number of carbonyl (C=O) groups excluding carboxylic acids is 2. The molecule has 0 N–H and O–H groups in total. The average molecular weight is 445 g/mol. The average Bonchev–Trinajstić information content (AvgIpc) is 3.20. The number of amides is 1. The lowest BCUT2D eigenvalue weighted by Gasteiger charge is -2.30. The van der Waals surface area contributed by atoms with Crippen molar-refractivity contribution in [1.82, 2.24) is 9.80 Å². The lowest BCUT2D eigenvalue weighted by molar-refractivity contribution is -0.150. The number of methoxy groups -OCH3 is 1. The van der Waals surface area contributed by atoms with Crippen molar-refractivity contribution in [2.24, 2.45) is 0 Å². The topological polar surface area (TPSA) is 72.2 Å². The van der Waals surface area contributed by atoms with Gasteiger partial charge in [-0.3, -0.25) is 14.5 Å². The standard InChI is InChI=1S/C25H36N2O5/c1-5-31-25(29)21(3)26(15-9-17-30-4)19-24(28)27(18-23-13-12-20(2)32-23)16-14-22-10-7-6-8-11-22/h6-8,10-13,21H,5,9,14-19H2,1-4H3/t21-/m0/s1. The Balaban J connectivity index is 2.12. The molecule has 0 radical (unpaired) electrons. The predicted molar refractivity (Wildman–Crippen MR) is 123 cm³/mol. The van der Waals surface area contributed by atoms with Crippen LogP contribution in [0, 0.1) is 6.92 Å². The highest BCUT2D eigenvalue weighted by Gasteiger charge is 2.26. The summed E-state index contributed by atoms with van der Waals surface area (Å²) in [4.78, 5) is 29.4. The van der Waals surface area contributed by atoms with Gasteiger partial charge in [-0.25, -0.2) is 0 Å². The molecule has 7 heteroatoms. The van der Waals surface area contributed by atoms with Crippen molar-refractivity contribution in [3.63, 3.8) is 0 Å². The molecule has 0 aliphatic carbocycles. The molecular formula is C25H36N2O5. The van der Waals surface area contributed by atoms with Crippen LogP contribution in [0.4, 0.5) is 0 Å². The molecule has 176 valence electrons. The first-order valence-corrected chi connectivity index (χ1v) is 11.2. The molecule has 32 heavy (non-hydrogen) atoms. The minimum absolute atomic E-state index is 0.0523. The van der Waals surface area contributed by atoms with E-state index in [9.17, 15) is 9.59 Å². The molecule has 0 aliphatic heterocycles. The molecule has 1 aromatic carbocycles. The first-order chi connectivity index (χ1) is 15.4. The lowest BCUT2D eigenvalue weighted by atomic mass is 10.1. The van der Waals surface area contributed by atoms with E-state index < -0.39 is 6.04 Å². The van der Waals surface area contributed by atoms with Crippen molar-refractivity contribution in [2.45, 2.75) is 46.2 Å². The summed E-state index contributed by atoms with van der Waals surface area (Å²) >= 11 is 0. The van der Waals surface area contributed by atoms with E-state index >= 15 is 0 Å². The van der Waals surface area contributed by atoms with E-state index in [1.165, 1.54) is 0 Å². The number of hydrogen-bond acceptors (Lipinski definition) is 6. The second kappa shape index (κ2) is 13.7. The molecule has 0 fully saturated rings. The van der Waals surface area contributed by atoms with Crippen LogP contribution in [-0.2, 0) is 32.0 Å². The van der Waals surface area contributed by atoms with Crippen LogP contribution in [0.15, 0.2) is 46.9 Å². The van der Waals surface area contributed by atoms with E-state index in [0.717, 1.165) is 29.9 Å². The largest absolute Gasteiger partial charge is 0.465 e.